The van der Waals surface area contributed by atoms with Gasteiger partial charge in [0, 0.05) is 36.8 Å². The Kier molecular flexibility index (Phi) is 6.67. The van der Waals surface area contributed by atoms with E-state index in [0.29, 0.717) is 30.6 Å². The molecular formula is C22H25FN2O4S. The van der Waals surface area contributed by atoms with E-state index in [9.17, 15) is 22.4 Å². The van der Waals surface area contributed by atoms with E-state index in [2.05, 4.69) is 0 Å². The highest BCUT2D eigenvalue weighted by atomic mass is 32.2. The van der Waals surface area contributed by atoms with Gasteiger partial charge in [-0.25, -0.2) is 12.8 Å². The molecule has 30 heavy (non-hydrogen) atoms. The minimum absolute atomic E-state index is 0.0769. The molecule has 1 saturated heterocycles. The molecule has 1 amide bonds. The number of Topliss-reactive ketones (excluding diaryl/α,β-unsaturated/α-hetero) is 1. The van der Waals surface area contributed by atoms with Crippen LogP contribution in [0.4, 0.5) is 10.1 Å². The monoisotopic (exact) mass is 432 g/mol. The first kappa shape index (κ1) is 22.1. The van der Waals surface area contributed by atoms with Gasteiger partial charge in [0.15, 0.2) is 5.78 Å². The Morgan fingerprint density at radius 1 is 1.03 bits per heavy atom. The predicted octanol–water partition coefficient (Wildman–Crippen LogP) is 3.48. The zero-order valence-corrected chi connectivity index (χ0v) is 17.9. The fraction of sp³-hybridized carbons (Fsp3) is 0.364. The maximum atomic E-state index is 13.2. The molecule has 0 bridgehead atoms. The second-order valence-electron chi connectivity index (χ2n) is 7.32. The molecule has 1 aliphatic heterocycles. The van der Waals surface area contributed by atoms with Crippen molar-refractivity contribution in [2.24, 2.45) is 5.92 Å². The molecule has 2 aromatic rings. The first-order valence-electron chi connectivity index (χ1n) is 9.92. The van der Waals surface area contributed by atoms with Gasteiger partial charge in [0.25, 0.3) is 0 Å². The highest BCUT2D eigenvalue weighted by Gasteiger charge is 2.34. The maximum Gasteiger partial charge on any atom is 0.243 e. The fourth-order valence-corrected chi connectivity index (χ4v) is 5.13. The summed E-state index contributed by atoms with van der Waals surface area (Å²) < 4.78 is 40.4. The minimum atomic E-state index is -3.68. The molecule has 8 heteroatoms. The van der Waals surface area contributed by atoms with E-state index in [1.165, 1.54) is 47.6 Å². The molecule has 0 saturated carbocycles. The van der Waals surface area contributed by atoms with Gasteiger partial charge in [0.05, 0.1) is 4.90 Å². The van der Waals surface area contributed by atoms with Crippen molar-refractivity contribution in [1.82, 2.24) is 4.31 Å². The Bertz CT molecular complexity index is 1010. The fourth-order valence-electron chi connectivity index (χ4n) is 3.66. The van der Waals surface area contributed by atoms with Crippen LogP contribution in [-0.2, 0) is 14.8 Å². The summed E-state index contributed by atoms with van der Waals surface area (Å²) in [6.45, 7) is 4.22. The predicted molar refractivity (Wildman–Crippen MR) is 112 cm³/mol. The van der Waals surface area contributed by atoms with Crippen molar-refractivity contribution in [2.75, 3.05) is 24.5 Å². The van der Waals surface area contributed by atoms with Crippen molar-refractivity contribution in [3.8, 4) is 0 Å². The number of amides is 1. The average Bonchev–Trinajstić information content (AvgIpc) is 2.75. The molecule has 160 valence electrons. The van der Waals surface area contributed by atoms with Gasteiger partial charge in [0.1, 0.15) is 5.82 Å². The lowest BCUT2D eigenvalue weighted by molar-refractivity contribution is -0.123. The average molecular weight is 433 g/mol. The molecule has 1 heterocycles. The molecule has 0 spiro atoms. The third-order valence-electron chi connectivity index (χ3n) is 5.42. The standard InChI is InChI=1S/C22H25FN2O4S/c1-3-25(20-8-6-19(23)7-9-20)22(27)18-12-14-24(15-13-18)30(28,29)21-10-4-17(5-11-21)16(2)26/h4-11,18H,3,12-15H2,1-2H3. The Hall–Kier alpha value is -2.58. The lowest BCUT2D eigenvalue weighted by Gasteiger charge is -2.33. The molecule has 0 aliphatic carbocycles. The summed E-state index contributed by atoms with van der Waals surface area (Å²) in [6.07, 6.45) is 0.836. The number of hydrogen-bond acceptors (Lipinski definition) is 4. The molecule has 1 fully saturated rings. The third kappa shape index (κ3) is 4.60. The van der Waals surface area contributed by atoms with Gasteiger partial charge in [-0.2, -0.15) is 4.31 Å². The van der Waals surface area contributed by atoms with E-state index in [0.717, 1.165) is 0 Å². The van der Waals surface area contributed by atoms with Gasteiger partial charge in [-0.1, -0.05) is 12.1 Å². The Morgan fingerprint density at radius 2 is 1.60 bits per heavy atom. The molecule has 1 aliphatic rings. The van der Waals surface area contributed by atoms with Gasteiger partial charge in [0.2, 0.25) is 15.9 Å². The van der Waals surface area contributed by atoms with E-state index in [4.69, 9.17) is 0 Å². The normalized spacial score (nSPS) is 15.7. The van der Waals surface area contributed by atoms with Crippen molar-refractivity contribution in [1.29, 1.82) is 0 Å². The lowest BCUT2D eigenvalue weighted by atomic mass is 9.96. The quantitative estimate of drug-likeness (QED) is 0.655. The summed E-state index contributed by atoms with van der Waals surface area (Å²) in [6, 6.07) is 11.7. The summed E-state index contributed by atoms with van der Waals surface area (Å²) in [5, 5.41) is 0. The SMILES string of the molecule is CCN(C(=O)C1CCN(S(=O)(=O)c2ccc(C(C)=O)cc2)CC1)c1ccc(F)cc1. The van der Waals surface area contributed by atoms with Crippen LogP contribution in [0.5, 0.6) is 0 Å². The smallest absolute Gasteiger partial charge is 0.243 e. The number of rotatable bonds is 6. The number of benzene rings is 2. The molecule has 2 aromatic carbocycles. The van der Waals surface area contributed by atoms with Crippen LogP contribution >= 0.6 is 0 Å². The number of nitrogens with zero attached hydrogens (tertiary/aromatic N) is 2. The Balaban J connectivity index is 1.67. The van der Waals surface area contributed by atoms with Gasteiger partial charge in [-0.05, 0) is 63.1 Å². The zero-order chi connectivity index (χ0) is 21.9. The summed E-state index contributed by atoms with van der Waals surface area (Å²) in [4.78, 5) is 26.1. The van der Waals surface area contributed by atoms with Crippen molar-refractivity contribution in [3.63, 3.8) is 0 Å². The van der Waals surface area contributed by atoms with Crippen LogP contribution < -0.4 is 4.90 Å². The second-order valence-corrected chi connectivity index (χ2v) is 9.26. The highest BCUT2D eigenvalue weighted by molar-refractivity contribution is 7.89. The highest BCUT2D eigenvalue weighted by Crippen LogP contribution is 2.27. The van der Waals surface area contributed by atoms with E-state index in [1.807, 2.05) is 6.92 Å². The van der Waals surface area contributed by atoms with Crippen LogP contribution in [-0.4, -0.2) is 44.0 Å². The van der Waals surface area contributed by atoms with Crippen LogP contribution in [0, 0.1) is 11.7 Å². The first-order chi connectivity index (χ1) is 14.2. The molecule has 0 N–H and O–H groups in total. The topological polar surface area (TPSA) is 74.8 Å². The van der Waals surface area contributed by atoms with Crippen LogP contribution in [0.15, 0.2) is 53.4 Å². The summed E-state index contributed by atoms with van der Waals surface area (Å²) in [5.74, 6) is -0.856. The number of halogens is 1. The Morgan fingerprint density at radius 3 is 2.10 bits per heavy atom. The van der Waals surface area contributed by atoms with E-state index in [-0.39, 0.29) is 41.4 Å². The summed E-state index contributed by atoms with van der Waals surface area (Å²) in [5.41, 5.74) is 1.09. The lowest BCUT2D eigenvalue weighted by Crippen LogP contribution is -2.44. The van der Waals surface area contributed by atoms with E-state index in [1.54, 1.807) is 17.0 Å². The van der Waals surface area contributed by atoms with Crippen LogP contribution in [0.2, 0.25) is 0 Å². The van der Waals surface area contributed by atoms with E-state index >= 15 is 0 Å². The minimum Gasteiger partial charge on any atom is -0.312 e. The number of sulfonamides is 1. The van der Waals surface area contributed by atoms with Crippen LogP contribution in [0.3, 0.4) is 0 Å². The first-order valence-corrected chi connectivity index (χ1v) is 11.4. The molecule has 0 aromatic heterocycles. The second kappa shape index (κ2) is 9.06. The number of carbonyl (C=O) groups is 2. The molecule has 0 atom stereocenters. The maximum absolute atomic E-state index is 13.2. The number of piperidine rings is 1. The molecule has 6 nitrogen and oxygen atoms in total. The third-order valence-corrected chi connectivity index (χ3v) is 7.34. The van der Waals surface area contributed by atoms with Crippen molar-refractivity contribution in [2.45, 2.75) is 31.6 Å². The number of ketones is 1. The number of hydrogen-bond donors (Lipinski definition) is 0. The van der Waals surface area contributed by atoms with Crippen LogP contribution in [0.25, 0.3) is 0 Å². The van der Waals surface area contributed by atoms with Crippen molar-refractivity contribution < 1.29 is 22.4 Å². The Labute approximate surface area is 176 Å². The largest absolute Gasteiger partial charge is 0.312 e. The zero-order valence-electron chi connectivity index (χ0n) is 17.0. The van der Waals surface area contributed by atoms with Gasteiger partial charge >= 0.3 is 0 Å². The van der Waals surface area contributed by atoms with Crippen molar-refractivity contribution >= 4 is 27.4 Å². The number of anilines is 1. The van der Waals surface area contributed by atoms with Crippen LogP contribution in [0.1, 0.15) is 37.0 Å². The molecular weight excluding hydrogens is 407 g/mol. The van der Waals surface area contributed by atoms with Gasteiger partial charge in [-0.3, -0.25) is 9.59 Å². The summed E-state index contributed by atoms with van der Waals surface area (Å²) in [7, 11) is -3.68. The number of carbonyl (C=O) groups excluding carboxylic acids is 2. The molecule has 0 radical (unpaired) electrons. The van der Waals surface area contributed by atoms with Crippen molar-refractivity contribution in [3.05, 3.63) is 59.9 Å². The van der Waals surface area contributed by atoms with Gasteiger partial charge in [-0.15, -0.1) is 0 Å². The van der Waals surface area contributed by atoms with Gasteiger partial charge < -0.3 is 4.90 Å². The summed E-state index contributed by atoms with van der Waals surface area (Å²) >= 11 is 0. The molecule has 0 unspecified atom stereocenters. The van der Waals surface area contributed by atoms with E-state index < -0.39 is 10.0 Å². The molecule has 3 rings (SSSR count).